The summed E-state index contributed by atoms with van der Waals surface area (Å²) >= 11 is 0. The molecule has 0 spiro atoms. The second-order valence-electron chi connectivity index (χ2n) is 4.43. The Morgan fingerprint density at radius 2 is 1.89 bits per heavy atom. The van der Waals surface area contributed by atoms with Crippen LogP contribution >= 0.6 is 0 Å². The lowest BCUT2D eigenvalue weighted by Gasteiger charge is -2.23. The molecule has 7 nitrogen and oxygen atoms in total. The predicted molar refractivity (Wildman–Crippen MR) is 64.5 cm³/mol. The molecule has 0 aromatic rings. The van der Waals surface area contributed by atoms with Crippen molar-refractivity contribution < 1.29 is 27.9 Å². The maximum Gasteiger partial charge on any atom is 0.306 e. The van der Waals surface area contributed by atoms with Crippen molar-refractivity contribution in [1.82, 2.24) is 4.72 Å². The normalized spacial score (nSPS) is 12.2. The number of nitrogens with one attached hydrogen (secondary N) is 1. The van der Waals surface area contributed by atoms with Crippen LogP contribution in [-0.4, -0.2) is 43.4 Å². The molecule has 0 aromatic carbocycles. The summed E-state index contributed by atoms with van der Waals surface area (Å²) in [5, 5.41) is 8.63. The Bertz CT molecular complexity index is 401. The summed E-state index contributed by atoms with van der Waals surface area (Å²) in [5.74, 6) is -2.12. The fraction of sp³-hybridized carbons (Fsp3) is 0.800. The molecule has 0 bridgehead atoms. The second-order valence-corrected chi connectivity index (χ2v) is 6.27. The van der Waals surface area contributed by atoms with Gasteiger partial charge in [0.2, 0.25) is 10.0 Å². The standard InChI is InChI=1S/C10H19NO6S/c1-4-17-9(14)5-6-18(15,16)11-10(2,3)7-8(12)13/h11H,4-7H2,1-3H3,(H,12,13). The molecule has 0 unspecified atom stereocenters. The molecule has 0 aliphatic heterocycles. The molecular weight excluding hydrogens is 262 g/mol. The van der Waals surface area contributed by atoms with E-state index in [9.17, 15) is 18.0 Å². The van der Waals surface area contributed by atoms with Gasteiger partial charge in [0.05, 0.1) is 25.2 Å². The number of sulfonamides is 1. The van der Waals surface area contributed by atoms with Crippen LogP contribution in [0.25, 0.3) is 0 Å². The van der Waals surface area contributed by atoms with Gasteiger partial charge in [-0.05, 0) is 20.8 Å². The van der Waals surface area contributed by atoms with Crippen molar-refractivity contribution in [2.45, 2.75) is 39.2 Å². The van der Waals surface area contributed by atoms with Crippen molar-refractivity contribution in [1.29, 1.82) is 0 Å². The number of rotatable bonds is 8. The van der Waals surface area contributed by atoms with Gasteiger partial charge in [-0.25, -0.2) is 13.1 Å². The largest absolute Gasteiger partial charge is 0.481 e. The summed E-state index contributed by atoms with van der Waals surface area (Å²) in [4.78, 5) is 21.6. The molecule has 0 aliphatic rings. The summed E-state index contributed by atoms with van der Waals surface area (Å²) < 4.78 is 30.1. The van der Waals surface area contributed by atoms with Crippen LogP contribution < -0.4 is 4.72 Å². The lowest BCUT2D eigenvalue weighted by Crippen LogP contribution is -2.46. The quantitative estimate of drug-likeness (QED) is 0.611. The van der Waals surface area contributed by atoms with Crippen LogP contribution in [0.5, 0.6) is 0 Å². The average Bonchev–Trinajstić information content (AvgIpc) is 2.11. The number of esters is 1. The highest BCUT2D eigenvalue weighted by atomic mass is 32.2. The highest BCUT2D eigenvalue weighted by Crippen LogP contribution is 2.10. The minimum Gasteiger partial charge on any atom is -0.481 e. The van der Waals surface area contributed by atoms with Gasteiger partial charge < -0.3 is 9.84 Å². The highest BCUT2D eigenvalue weighted by molar-refractivity contribution is 7.89. The van der Waals surface area contributed by atoms with Crippen molar-refractivity contribution in [3.63, 3.8) is 0 Å². The van der Waals surface area contributed by atoms with Crippen LogP contribution in [0.3, 0.4) is 0 Å². The second kappa shape index (κ2) is 6.69. The van der Waals surface area contributed by atoms with Gasteiger partial charge in [-0.2, -0.15) is 0 Å². The minimum atomic E-state index is -3.71. The zero-order chi connectivity index (χ0) is 14.4. The number of carbonyl (C=O) groups is 2. The Hall–Kier alpha value is -1.15. The summed E-state index contributed by atoms with van der Waals surface area (Å²) in [5.41, 5.74) is -1.10. The summed E-state index contributed by atoms with van der Waals surface area (Å²) in [6.07, 6.45) is -0.599. The molecule has 0 atom stereocenters. The number of carbonyl (C=O) groups excluding carboxylic acids is 1. The zero-order valence-electron chi connectivity index (χ0n) is 10.7. The van der Waals surface area contributed by atoms with Gasteiger partial charge in [-0.3, -0.25) is 9.59 Å². The van der Waals surface area contributed by atoms with Crippen molar-refractivity contribution in [3.05, 3.63) is 0 Å². The SMILES string of the molecule is CCOC(=O)CCS(=O)(=O)NC(C)(C)CC(=O)O. The lowest BCUT2D eigenvalue weighted by molar-refractivity contribution is -0.142. The zero-order valence-corrected chi connectivity index (χ0v) is 11.5. The monoisotopic (exact) mass is 281 g/mol. The topological polar surface area (TPSA) is 110 Å². The van der Waals surface area contributed by atoms with Crippen LogP contribution in [-0.2, 0) is 24.3 Å². The van der Waals surface area contributed by atoms with Gasteiger partial charge in [0.1, 0.15) is 0 Å². The van der Waals surface area contributed by atoms with E-state index >= 15 is 0 Å². The summed E-state index contributed by atoms with van der Waals surface area (Å²) in [6, 6.07) is 0. The van der Waals surface area contributed by atoms with E-state index in [0.29, 0.717) is 0 Å². The van der Waals surface area contributed by atoms with E-state index in [1.807, 2.05) is 0 Å². The van der Waals surface area contributed by atoms with Crippen molar-refractivity contribution in [3.8, 4) is 0 Å². The van der Waals surface area contributed by atoms with Gasteiger partial charge in [0.15, 0.2) is 0 Å². The van der Waals surface area contributed by atoms with Crippen LogP contribution in [0.1, 0.15) is 33.6 Å². The maximum atomic E-state index is 11.6. The van der Waals surface area contributed by atoms with E-state index in [4.69, 9.17) is 5.11 Å². The molecule has 0 heterocycles. The number of ether oxygens (including phenoxy) is 1. The Morgan fingerprint density at radius 3 is 2.33 bits per heavy atom. The van der Waals surface area contributed by atoms with Gasteiger partial charge in [-0.15, -0.1) is 0 Å². The molecule has 0 radical (unpaired) electrons. The minimum absolute atomic E-state index is 0.191. The Balaban J connectivity index is 4.39. The molecule has 0 amide bonds. The van der Waals surface area contributed by atoms with Crippen molar-refractivity contribution in [2.75, 3.05) is 12.4 Å². The molecule has 0 saturated carbocycles. The molecule has 106 valence electrons. The molecule has 0 aliphatic carbocycles. The number of hydrogen-bond acceptors (Lipinski definition) is 5. The third-order valence-electron chi connectivity index (χ3n) is 1.91. The van der Waals surface area contributed by atoms with E-state index in [0.717, 1.165) is 0 Å². The third-order valence-corrected chi connectivity index (χ3v) is 3.51. The first-order valence-corrected chi connectivity index (χ1v) is 7.12. The average molecular weight is 281 g/mol. The van der Waals surface area contributed by atoms with Crippen LogP contribution in [0.2, 0.25) is 0 Å². The first-order chi connectivity index (χ1) is 8.08. The fourth-order valence-electron chi connectivity index (χ4n) is 1.34. The number of aliphatic carboxylic acids is 1. The van der Waals surface area contributed by atoms with Gasteiger partial charge in [-0.1, -0.05) is 0 Å². The van der Waals surface area contributed by atoms with E-state index in [-0.39, 0.29) is 19.4 Å². The predicted octanol–water partition coefficient (Wildman–Crippen LogP) is 0.112. The van der Waals surface area contributed by atoms with Crippen molar-refractivity contribution >= 4 is 22.0 Å². The molecule has 0 saturated heterocycles. The number of hydrogen-bond donors (Lipinski definition) is 2. The first-order valence-electron chi connectivity index (χ1n) is 5.47. The molecule has 2 N–H and O–H groups in total. The molecule has 8 heteroatoms. The highest BCUT2D eigenvalue weighted by Gasteiger charge is 2.27. The van der Waals surface area contributed by atoms with Crippen LogP contribution in [0.15, 0.2) is 0 Å². The molecule has 0 fully saturated rings. The van der Waals surface area contributed by atoms with Gasteiger partial charge >= 0.3 is 11.9 Å². The van der Waals surface area contributed by atoms with Gasteiger partial charge in [0, 0.05) is 5.54 Å². The maximum absolute atomic E-state index is 11.6. The van der Waals surface area contributed by atoms with Crippen LogP contribution in [0, 0.1) is 0 Å². The Morgan fingerprint density at radius 1 is 1.33 bits per heavy atom. The fourth-order valence-corrected chi connectivity index (χ4v) is 2.79. The van der Waals surface area contributed by atoms with E-state index in [1.165, 1.54) is 13.8 Å². The molecular formula is C10H19NO6S. The van der Waals surface area contributed by atoms with Crippen LogP contribution in [0.4, 0.5) is 0 Å². The smallest absolute Gasteiger partial charge is 0.306 e. The van der Waals surface area contributed by atoms with Crippen molar-refractivity contribution in [2.24, 2.45) is 0 Å². The molecule has 0 rings (SSSR count). The number of carboxylic acids is 1. The number of carboxylic acid groups (broad SMARTS) is 1. The molecule has 0 aromatic heterocycles. The van der Waals surface area contributed by atoms with Gasteiger partial charge in [0.25, 0.3) is 0 Å². The Labute approximate surface area is 107 Å². The Kier molecular flexibility index (Phi) is 6.27. The van der Waals surface area contributed by atoms with E-state index in [1.54, 1.807) is 6.92 Å². The summed E-state index contributed by atoms with van der Waals surface area (Å²) in [6.45, 7) is 4.74. The third kappa shape index (κ3) is 8.02. The lowest BCUT2D eigenvalue weighted by atomic mass is 10.0. The first kappa shape index (κ1) is 16.9. The summed E-state index contributed by atoms with van der Waals surface area (Å²) in [7, 11) is -3.71. The molecule has 18 heavy (non-hydrogen) atoms. The van der Waals surface area contributed by atoms with E-state index in [2.05, 4.69) is 9.46 Å². The van der Waals surface area contributed by atoms with E-state index < -0.39 is 33.3 Å².